The average molecular weight is 304 g/mol. The van der Waals surface area contributed by atoms with Gasteiger partial charge in [0.1, 0.15) is 0 Å². The summed E-state index contributed by atoms with van der Waals surface area (Å²) in [6.07, 6.45) is 2.09. The number of alkyl halides is 1. The van der Waals surface area contributed by atoms with Gasteiger partial charge in [-0.3, -0.25) is 0 Å². The van der Waals surface area contributed by atoms with E-state index < -0.39 is 0 Å². The Morgan fingerprint density at radius 1 is 1.50 bits per heavy atom. The van der Waals surface area contributed by atoms with Gasteiger partial charge in [-0.05, 0) is 42.9 Å². The fourth-order valence-corrected chi connectivity index (χ4v) is 2.90. The van der Waals surface area contributed by atoms with Gasteiger partial charge in [-0.1, -0.05) is 39.7 Å². The monoisotopic (exact) mass is 302 g/mol. The third-order valence-corrected chi connectivity index (χ3v) is 4.63. The van der Waals surface area contributed by atoms with Crippen molar-refractivity contribution in [3.63, 3.8) is 0 Å². The van der Waals surface area contributed by atoms with E-state index in [4.69, 9.17) is 16.3 Å². The van der Waals surface area contributed by atoms with Crippen molar-refractivity contribution in [1.29, 1.82) is 0 Å². The molecular formula is C13H16BrClO. The average Bonchev–Trinajstić information content (AvgIpc) is 2.25. The zero-order valence-electron chi connectivity index (χ0n) is 9.38. The molecule has 1 heterocycles. The topological polar surface area (TPSA) is 9.23 Å². The van der Waals surface area contributed by atoms with Crippen LogP contribution in [0.5, 0.6) is 0 Å². The lowest BCUT2D eigenvalue weighted by molar-refractivity contribution is 0.0605. The first-order chi connectivity index (χ1) is 7.66. The van der Waals surface area contributed by atoms with Gasteiger partial charge in [0.05, 0.1) is 6.61 Å². The van der Waals surface area contributed by atoms with E-state index in [0.717, 1.165) is 31.1 Å². The highest BCUT2D eigenvalue weighted by atomic mass is 79.9. The van der Waals surface area contributed by atoms with Crippen LogP contribution in [0.3, 0.4) is 0 Å². The number of hydrogen-bond donors (Lipinski definition) is 0. The molecule has 3 heteroatoms. The predicted octanol–water partition coefficient (Wildman–Crippen LogP) is 3.99. The fourth-order valence-electron chi connectivity index (χ4n) is 2.06. The molecule has 0 saturated carbocycles. The lowest BCUT2D eigenvalue weighted by atomic mass is 9.93. The zero-order chi connectivity index (χ0) is 11.5. The van der Waals surface area contributed by atoms with E-state index in [-0.39, 0.29) is 0 Å². The molecule has 2 rings (SSSR count). The van der Waals surface area contributed by atoms with Crippen molar-refractivity contribution in [2.75, 3.05) is 13.2 Å². The van der Waals surface area contributed by atoms with Crippen molar-refractivity contribution in [3.8, 4) is 0 Å². The summed E-state index contributed by atoms with van der Waals surface area (Å²) < 4.78 is 5.52. The first-order valence-corrected chi connectivity index (χ1v) is 6.93. The smallest absolute Gasteiger partial charge is 0.0508 e. The fraction of sp³-hybridized carbons (Fsp3) is 0.538. The van der Waals surface area contributed by atoms with Crippen LogP contribution < -0.4 is 0 Å². The second-order valence-corrected chi connectivity index (χ2v) is 6.02. The molecule has 1 aromatic rings. The summed E-state index contributed by atoms with van der Waals surface area (Å²) in [4.78, 5) is 0.554. The molecule has 0 amide bonds. The highest BCUT2D eigenvalue weighted by molar-refractivity contribution is 9.09. The van der Waals surface area contributed by atoms with Crippen LogP contribution in [0.25, 0.3) is 0 Å². The van der Waals surface area contributed by atoms with Crippen LogP contribution in [0.1, 0.15) is 17.5 Å². The molecule has 1 fully saturated rings. The second kappa shape index (κ2) is 5.52. The van der Waals surface area contributed by atoms with Gasteiger partial charge >= 0.3 is 0 Å². The Kier molecular flexibility index (Phi) is 4.28. The third-order valence-electron chi connectivity index (χ3n) is 3.07. The molecule has 16 heavy (non-hydrogen) atoms. The van der Waals surface area contributed by atoms with E-state index in [9.17, 15) is 0 Å². The van der Waals surface area contributed by atoms with Crippen LogP contribution in [0, 0.1) is 12.8 Å². The Labute approximate surface area is 110 Å². The molecule has 2 unspecified atom stereocenters. The summed E-state index contributed by atoms with van der Waals surface area (Å²) in [5.74, 6) is 0.536. The van der Waals surface area contributed by atoms with Crippen LogP contribution in [0.4, 0.5) is 0 Å². The number of aryl methyl sites for hydroxylation is 1. The maximum absolute atomic E-state index is 6.24. The quantitative estimate of drug-likeness (QED) is 0.751. The number of benzene rings is 1. The molecule has 0 spiro atoms. The van der Waals surface area contributed by atoms with Gasteiger partial charge in [0, 0.05) is 16.5 Å². The van der Waals surface area contributed by atoms with Crippen molar-refractivity contribution in [2.24, 2.45) is 5.92 Å². The number of hydrogen-bond acceptors (Lipinski definition) is 1. The SMILES string of the molecule is Cc1ccc(CC2COCCC2Br)c(Cl)c1. The first kappa shape index (κ1) is 12.4. The van der Waals surface area contributed by atoms with E-state index in [1.807, 2.05) is 6.07 Å². The van der Waals surface area contributed by atoms with Gasteiger partial charge in [0.2, 0.25) is 0 Å². The molecule has 0 bridgehead atoms. The Bertz CT molecular complexity index is 367. The van der Waals surface area contributed by atoms with Crippen LogP contribution in [0.15, 0.2) is 18.2 Å². The Morgan fingerprint density at radius 3 is 3.00 bits per heavy atom. The van der Waals surface area contributed by atoms with Crippen LogP contribution in [-0.4, -0.2) is 18.0 Å². The molecule has 2 atom stereocenters. The van der Waals surface area contributed by atoms with Crippen molar-refractivity contribution in [1.82, 2.24) is 0 Å². The first-order valence-electron chi connectivity index (χ1n) is 5.63. The van der Waals surface area contributed by atoms with Gasteiger partial charge in [-0.15, -0.1) is 0 Å². The molecule has 1 aromatic carbocycles. The van der Waals surface area contributed by atoms with E-state index in [0.29, 0.717) is 10.7 Å². The lowest BCUT2D eigenvalue weighted by Crippen LogP contribution is -2.29. The number of rotatable bonds is 2. The molecule has 0 aromatic heterocycles. The van der Waals surface area contributed by atoms with Crippen molar-refractivity contribution >= 4 is 27.5 Å². The highest BCUT2D eigenvalue weighted by Gasteiger charge is 2.24. The minimum absolute atomic E-state index is 0.536. The predicted molar refractivity (Wildman–Crippen MR) is 71.5 cm³/mol. The van der Waals surface area contributed by atoms with Crippen molar-refractivity contribution < 1.29 is 4.74 Å². The van der Waals surface area contributed by atoms with Gasteiger partial charge in [0.15, 0.2) is 0 Å². The lowest BCUT2D eigenvalue weighted by Gasteiger charge is -2.27. The Morgan fingerprint density at radius 2 is 2.31 bits per heavy atom. The van der Waals surface area contributed by atoms with Crippen molar-refractivity contribution in [3.05, 3.63) is 34.3 Å². The largest absolute Gasteiger partial charge is 0.381 e. The summed E-state index contributed by atoms with van der Waals surface area (Å²) in [5.41, 5.74) is 2.44. The molecule has 1 aliphatic heterocycles. The molecular weight excluding hydrogens is 287 g/mol. The van der Waals surface area contributed by atoms with E-state index in [1.54, 1.807) is 0 Å². The normalized spacial score (nSPS) is 25.7. The maximum atomic E-state index is 6.24. The molecule has 88 valence electrons. The van der Waals surface area contributed by atoms with E-state index in [1.165, 1.54) is 11.1 Å². The Hall–Kier alpha value is -0.0500. The Balaban J connectivity index is 2.07. The van der Waals surface area contributed by atoms with Crippen molar-refractivity contribution in [2.45, 2.75) is 24.6 Å². The number of halogens is 2. The third kappa shape index (κ3) is 2.99. The summed E-state index contributed by atoms with van der Waals surface area (Å²) >= 11 is 9.97. The number of ether oxygens (including phenoxy) is 1. The van der Waals surface area contributed by atoms with Crippen LogP contribution in [0.2, 0.25) is 5.02 Å². The van der Waals surface area contributed by atoms with Gasteiger partial charge in [0.25, 0.3) is 0 Å². The summed E-state index contributed by atoms with van der Waals surface area (Å²) in [6, 6.07) is 6.28. The summed E-state index contributed by atoms with van der Waals surface area (Å²) in [6.45, 7) is 3.76. The van der Waals surface area contributed by atoms with Crippen LogP contribution in [-0.2, 0) is 11.2 Å². The minimum Gasteiger partial charge on any atom is -0.381 e. The molecule has 1 aliphatic rings. The van der Waals surface area contributed by atoms with Gasteiger partial charge in [-0.2, -0.15) is 0 Å². The molecule has 0 aliphatic carbocycles. The summed E-state index contributed by atoms with van der Waals surface area (Å²) in [5, 5.41) is 0.880. The summed E-state index contributed by atoms with van der Waals surface area (Å²) in [7, 11) is 0. The molecule has 1 nitrogen and oxygen atoms in total. The standard InChI is InChI=1S/C13H16BrClO/c1-9-2-3-10(13(15)6-9)7-11-8-16-5-4-12(11)14/h2-3,6,11-12H,4-5,7-8H2,1H3. The van der Waals surface area contributed by atoms with Gasteiger partial charge < -0.3 is 4.74 Å². The zero-order valence-corrected chi connectivity index (χ0v) is 11.7. The molecule has 0 radical (unpaired) electrons. The maximum Gasteiger partial charge on any atom is 0.0508 e. The van der Waals surface area contributed by atoms with Crippen LogP contribution >= 0.6 is 27.5 Å². The molecule has 1 saturated heterocycles. The second-order valence-electron chi connectivity index (χ2n) is 4.44. The molecule has 0 N–H and O–H groups in total. The van der Waals surface area contributed by atoms with E-state index >= 15 is 0 Å². The van der Waals surface area contributed by atoms with Gasteiger partial charge in [-0.25, -0.2) is 0 Å². The highest BCUT2D eigenvalue weighted by Crippen LogP contribution is 2.28. The van der Waals surface area contributed by atoms with E-state index in [2.05, 4.69) is 35.0 Å². The minimum atomic E-state index is 0.536.